The lowest BCUT2D eigenvalue weighted by molar-refractivity contribution is -0.122. The smallest absolute Gasteiger partial charge is 0.227 e. The number of nitrogens with one attached hydrogen (secondary N) is 1. The summed E-state index contributed by atoms with van der Waals surface area (Å²) in [5, 5.41) is 2.86. The monoisotopic (exact) mass is 250 g/mol. The quantitative estimate of drug-likeness (QED) is 0.759. The van der Waals surface area contributed by atoms with Crippen LogP contribution < -0.4 is 11.1 Å². The molecule has 0 bridgehead atoms. The van der Waals surface area contributed by atoms with Gasteiger partial charge in [0, 0.05) is 13.0 Å². The van der Waals surface area contributed by atoms with Gasteiger partial charge in [0.25, 0.3) is 0 Å². The van der Waals surface area contributed by atoms with Gasteiger partial charge in [0.1, 0.15) is 0 Å². The second kappa shape index (κ2) is 7.01. The maximum Gasteiger partial charge on any atom is 0.227 e. The second-order valence-corrected chi connectivity index (χ2v) is 4.40. The molecule has 0 heterocycles. The van der Waals surface area contributed by atoms with Crippen molar-refractivity contribution in [2.24, 2.45) is 5.73 Å². The maximum absolute atomic E-state index is 12.0. The number of hydrogen-bond donors (Lipinski definition) is 2. The summed E-state index contributed by atoms with van der Waals surface area (Å²) < 4.78 is 0. The zero-order chi connectivity index (χ0) is 12.7. The van der Waals surface area contributed by atoms with Crippen molar-refractivity contribution < 1.29 is 4.79 Å². The van der Waals surface area contributed by atoms with Gasteiger partial charge < -0.3 is 11.1 Å². The number of hydrogen-bond acceptors (Lipinski definition) is 2. The first-order valence-corrected chi connectivity index (χ1v) is 6.17. The Morgan fingerprint density at radius 3 is 2.59 bits per heavy atom. The molecule has 0 aromatic heterocycles. The number of thiocarbonyl (C=S) groups is 1. The van der Waals surface area contributed by atoms with Crippen molar-refractivity contribution in [1.82, 2.24) is 5.32 Å². The van der Waals surface area contributed by atoms with Crippen LogP contribution in [0.4, 0.5) is 0 Å². The SMILES string of the molecule is CCC(C(=O)NCCC(N)=S)c1ccccc1. The number of rotatable bonds is 6. The van der Waals surface area contributed by atoms with Crippen LogP contribution in [0.3, 0.4) is 0 Å². The summed E-state index contributed by atoms with van der Waals surface area (Å²) in [7, 11) is 0. The van der Waals surface area contributed by atoms with Crippen LogP contribution in [0, 0.1) is 0 Å². The maximum atomic E-state index is 12.0. The van der Waals surface area contributed by atoms with E-state index in [1.54, 1.807) is 0 Å². The predicted octanol–water partition coefficient (Wildman–Crippen LogP) is 1.97. The van der Waals surface area contributed by atoms with Gasteiger partial charge in [0.15, 0.2) is 0 Å². The summed E-state index contributed by atoms with van der Waals surface area (Å²) in [6.07, 6.45) is 1.33. The summed E-state index contributed by atoms with van der Waals surface area (Å²) in [6.45, 7) is 2.52. The van der Waals surface area contributed by atoms with Crippen LogP contribution in [0.25, 0.3) is 0 Å². The molecule has 1 amide bonds. The van der Waals surface area contributed by atoms with Gasteiger partial charge in [-0.25, -0.2) is 0 Å². The fourth-order valence-electron chi connectivity index (χ4n) is 1.69. The minimum Gasteiger partial charge on any atom is -0.393 e. The molecule has 4 heteroatoms. The van der Waals surface area contributed by atoms with Crippen molar-refractivity contribution >= 4 is 23.1 Å². The summed E-state index contributed by atoms with van der Waals surface area (Å²) in [6, 6.07) is 9.78. The van der Waals surface area contributed by atoms with Gasteiger partial charge in [0.05, 0.1) is 10.9 Å². The zero-order valence-electron chi connectivity index (χ0n) is 9.98. The van der Waals surface area contributed by atoms with Crippen molar-refractivity contribution in [3.8, 4) is 0 Å². The number of benzene rings is 1. The molecule has 92 valence electrons. The average Bonchev–Trinajstić information content (AvgIpc) is 2.31. The summed E-state index contributed by atoms with van der Waals surface area (Å²) in [4.78, 5) is 12.4. The molecule has 3 N–H and O–H groups in total. The van der Waals surface area contributed by atoms with Crippen LogP contribution in [0.15, 0.2) is 30.3 Å². The molecule has 1 rings (SSSR count). The van der Waals surface area contributed by atoms with Crippen molar-refractivity contribution in [2.45, 2.75) is 25.7 Å². The molecule has 0 saturated heterocycles. The molecular weight excluding hydrogens is 232 g/mol. The molecule has 0 aliphatic carbocycles. The number of carbonyl (C=O) groups excluding carboxylic acids is 1. The highest BCUT2D eigenvalue weighted by Crippen LogP contribution is 2.18. The molecule has 1 unspecified atom stereocenters. The molecule has 0 radical (unpaired) electrons. The summed E-state index contributed by atoms with van der Waals surface area (Å²) in [5.74, 6) is -0.0579. The zero-order valence-corrected chi connectivity index (χ0v) is 10.8. The Morgan fingerprint density at radius 2 is 2.06 bits per heavy atom. The normalized spacial score (nSPS) is 11.8. The Morgan fingerprint density at radius 1 is 1.41 bits per heavy atom. The molecule has 0 aliphatic rings. The second-order valence-electron chi connectivity index (χ2n) is 3.88. The highest BCUT2D eigenvalue weighted by Gasteiger charge is 2.17. The van der Waals surface area contributed by atoms with Crippen molar-refractivity contribution in [2.75, 3.05) is 6.54 Å². The highest BCUT2D eigenvalue weighted by atomic mass is 32.1. The molecule has 17 heavy (non-hydrogen) atoms. The molecule has 0 aliphatic heterocycles. The summed E-state index contributed by atoms with van der Waals surface area (Å²) in [5.41, 5.74) is 6.42. The Balaban J connectivity index is 2.56. The first kappa shape index (κ1) is 13.6. The van der Waals surface area contributed by atoms with E-state index in [1.165, 1.54) is 0 Å². The molecular formula is C13H18N2OS. The average molecular weight is 250 g/mol. The predicted molar refractivity (Wildman–Crippen MR) is 73.9 cm³/mol. The lowest BCUT2D eigenvalue weighted by atomic mass is 9.96. The van der Waals surface area contributed by atoms with E-state index < -0.39 is 0 Å². The van der Waals surface area contributed by atoms with Gasteiger partial charge in [-0.3, -0.25) is 4.79 Å². The molecule has 1 aromatic rings. The van der Waals surface area contributed by atoms with Crippen molar-refractivity contribution in [3.05, 3.63) is 35.9 Å². The van der Waals surface area contributed by atoms with E-state index in [0.29, 0.717) is 18.0 Å². The number of amides is 1. The Kier molecular flexibility index (Phi) is 5.63. The van der Waals surface area contributed by atoms with E-state index >= 15 is 0 Å². The van der Waals surface area contributed by atoms with E-state index in [4.69, 9.17) is 18.0 Å². The van der Waals surface area contributed by atoms with Crippen LogP contribution >= 0.6 is 12.2 Å². The van der Waals surface area contributed by atoms with Gasteiger partial charge in [-0.15, -0.1) is 0 Å². The highest BCUT2D eigenvalue weighted by molar-refractivity contribution is 7.80. The molecule has 3 nitrogen and oxygen atoms in total. The van der Waals surface area contributed by atoms with Gasteiger partial charge in [-0.05, 0) is 12.0 Å². The first-order chi connectivity index (χ1) is 8.15. The van der Waals surface area contributed by atoms with Gasteiger partial charge in [0.2, 0.25) is 5.91 Å². The molecule has 0 saturated carbocycles. The topological polar surface area (TPSA) is 55.1 Å². The fourth-order valence-corrected chi connectivity index (χ4v) is 1.79. The minimum absolute atomic E-state index is 0.0370. The standard InChI is InChI=1S/C13H18N2OS/c1-2-11(10-6-4-3-5-7-10)13(16)15-9-8-12(14)17/h3-7,11H,2,8-9H2,1H3,(H2,14,17)(H,15,16). The first-order valence-electron chi connectivity index (χ1n) is 5.76. The third kappa shape index (κ3) is 4.53. The van der Waals surface area contributed by atoms with Crippen LogP contribution in [0.1, 0.15) is 31.2 Å². The third-order valence-corrected chi connectivity index (χ3v) is 2.80. The van der Waals surface area contributed by atoms with E-state index in [1.807, 2.05) is 37.3 Å². The Labute approximate surface area is 107 Å². The number of carbonyl (C=O) groups is 1. The van der Waals surface area contributed by atoms with Crippen LogP contribution in [-0.4, -0.2) is 17.4 Å². The van der Waals surface area contributed by atoms with Gasteiger partial charge >= 0.3 is 0 Å². The molecule has 0 fully saturated rings. The third-order valence-electron chi connectivity index (χ3n) is 2.60. The molecule has 1 atom stereocenters. The van der Waals surface area contributed by atoms with Gasteiger partial charge in [-0.2, -0.15) is 0 Å². The fraction of sp³-hybridized carbons (Fsp3) is 0.385. The van der Waals surface area contributed by atoms with Crippen molar-refractivity contribution in [1.29, 1.82) is 0 Å². The number of nitrogens with two attached hydrogens (primary N) is 1. The van der Waals surface area contributed by atoms with Crippen LogP contribution in [0.5, 0.6) is 0 Å². The largest absolute Gasteiger partial charge is 0.393 e. The van der Waals surface area contributed by atoms with Crippen molar-refractivity contribution in [3.63, 3.8) is 0 Å². The van der Waals surface area contributed by atoms with E-state index in [0.717, 1.165) is 12.0 Å². The van der Waals surface area contributed by atoms with E-state index in [9.17, 15) is 4.79 Å². The Bertz CT molecular complexity index is 378. The molecule has 0 spiro atoms. The van der Waals surface area contributed by atoms with Gasteiger partial charge in [-0.1, -0.05) is 49.5 Å². The van der Waals surface area contributed by atoms with E-state index in [-0.39, 0.29) is 11.8 Å². The Hall–Kier alpha value is -1.42. The lowest BCUT2D eigenvalue weighted by Crippen LogP contribution is -2.31. The minimum atomic E-state index is -0.0949. The van der Waals surface area contributed by atoms with Crippen LogP contribution in [0.2, 0.25) is 0 Å². The molecule has 1 aromatic carbocycles. The lowest BCUT2D eigenvalue weighted by Gasteiger charge is -2.15. The van der Waals surface area contributed by atoms with E-state index in [2.05, 4.69) is 5.32 Å². The summed E-state index contributed by atoms with van der Waals surface area (Å²) >= 11 is 4.76. The van der Waals surface area contributed by atoms with Crippen LogP contribution in [-0.2, 0) is 4.79 Å².